The van der Waals surface area contributed by atoms with Gasteiger partial charge in [0.15, 0.2) is 0 Å². The SMILES string of the molecule is CN1CCN(S(=O)(=O)c2cc([N+](=O)[O-])ccc2N2CCC(C(N)=O)CC2)CC1. The number of carbonyl (C=O) groups excluding carboxylic acids is 1. The van der Waals surface area contributed by atoms with Crippen LogP contribution in [0, 0.1) is 16.0 Å². The fraction of sp³-hybridized carbons (Fsp3) is 0.588. The molecule has 2 N–H and O–H groups in total. The van der Waals surface area contributed by atoms with E-state index in [9.17, 15) is 23.3 Å². The van der Waals surface area contributed by atoms with E-state index in [0.29, 0.717) is 57.8 Å². The van der Waals surface area contributed by atoms with Gasteiger partial charge in [-0.2, -0.15) is 4.31 Å². The highest BCUT2D eigenvalue weighted by Crippen LogP contribution is 2.34. The predicted octanol–water partition coefficient (Wildman–Crippen LogP) is 0.233. The molecule has 1 amide bonds. The largest absolute Gasteiger partial charge is 0.370 e. The zero-order valence-electron chi connectivity index (χ0n) is 15.8. The number of amides is 1. The molecule has 0 aromatic heterocycles. The number of nitrogens with zero attached hydrogens (tertiary/aromatic N) is 4. The Hall–Kier alpha value is -2.24. The van der Waals surface area contributed by atoms with E-state index in [1.165, 1.54) is 16.4 Å². The molecule has 0 spiro atoms. The molecule has 2 aliphatic rings. The van der Waals surface area contributed by atoms with Crippen molar-refractivity contribution >= 4 is 27.3 Å². The number of benzene rings is 1. The number of anilines is 1. The highest BCUT2D eigenvalue weighted by Gasteiger charge is 2.33. The number of sulfonamides is 1. The van der Waals surface area contributed by atoms with Crippen molar-refractivity contribution < 1.29 is 18.1 Å². The molecule has 2 saturated heterocycles. The first-order valence-corrected chi connectivity index (χ1v) is 10.7. The van der Waals surface area contributed by atoms with Crippen LogP contribution in [-0.4, -0.2) is 74.8 Å². The molecule has 2 heterocycles. The first-order chi connectivity index (χ1) is 13.2. The lowest BCUT2D eigenvalue weighted by Gasteiger charge is -2.35. The van der Waals surface area contributed by atoms with Gasteiger partial charge in [-0.1, -0.05) is 0 Å². The molecule has 11 heteroatoms. The third kappa shape index (κ3) is 4.10. The van der Waals surface area contributed by atoms with Gasteiger partial charge >= 0.3 is 0 Å². The number of primary amides is 1. The maximum absolute atomic E-state index is 13.3. The summed E-state index contributed by atoms with van der Waals surface area (Å²) in [4.78, 5) is 25.9. The molecule has 0 saturated carbocycles. The number of hydrogen-bond acceptors (Lipinski definition) is 7. The van der Waals surface area contributed by atoms with Crippen molar-refractivity contribution in [3.05, 3.63) is 28.3 Å². The number of nitrogens with two attached hydrogens (primary N) is 1. The molecule has 0 unspecified atom stereocenters. The average molecular weight is 411 g/mol. The van der Waals surface area contributed by atoms with Gasteiger partial charge in [0.1, 0.15) is 4.90 Å². The quantitative estimate of drug-likeness (QED) is 0.542. The number of hydrogen-bond donors (Lipinski definition) is 1. The molecule has 28 heavy (non-hydrogen) atoms. The molecule has 0 radical (unpaired) electrons. The van der Waals surface area contributed by atoms with Gasteiger partial charge in [-0.05, 0) is 26.0 Å². The molecular formula is C17H25N5O5S. The van der Waals surface area contributed by atoms with Gasteiger partial charge in [-0.3, -0.25) is 14.9 Å². The smallest absolute Gasteiger partial charge is 0.270 e. The van der Waals surface area contributed by atoms with Gasteiger partial charge in [0.2, 0.25) is 15.9 Å². The van der Waals surface area contributed by atoms with Crippen LogP contribution >= 0.6 is 0 Å². The normalized spacial score (nSPS) is 20.2. The van der Waals surface area contributed by atoms with Crippen LogP contribution in [0.1, 0.15) is 12.8 Å². The molecule has 1 aromatic carbocycles. The maximum Gasteiger partial charge on any atom is 0.270 e. The highest BCUT2D eigenvalue weighted by molar-refractivity contribution is 7.89. The second kappa shape index (κ2) is 8.02. The summed E-state index contributed by atoms with van der Waals surface area (Å²) in [7, 11) is -1.96. The zero-order chi connectivity index (χ0) is 20.5. The zero-order valence-corrected chi connectivity index (χ0v) is 16.6. The number of piperazine rings is 1. The fourth-order valence-electron chi connectivity index (χ4n) is 3.66. The summed E-state index contributed by atoms with van der Waals surface area (Å²) in [5.74, 6) is -0.583. The average Bonchev–Trinajstić information content (AvgIpc) is 2.68. The number of nitro benzene ring substituents is 1. The summed E-state index contributed by atoms with van der Waals surface area (Å²) in [5, 5.41) is 11.2. The minimum Gasteiger partial charge on any atom is -0.370 e. The van der Waals surface area contributed by atoms with Crippen LogP contribution in [0.3, 0.4) is 0 Å². The molecular weight excluding hydrogens is 386 g/mol. The van der Waals surface area contributed by atoms with Gasteiger partial charge in [0, 0.05) is 57.3 Å². The number of rotatable bonds is 5. The van der Waals surface area contributed by atoms with E-state index in [1.54, 1.807) is 0 Å². The van der Waals surface area contributed by atoms with E-state index < -0.39 is 14.9 Å². The van der Waals surface area contributed by atoms with E-state index in [4.69, 9.17) is 5.73 Å². The van der Waals surface area contributed by atoms with Crippen molar-refractivity contribution in [1.29, 1.82) is 0 Å². The van der Waals surface area contributed by atoms with Crippen molar-refractivity contribution in [3.8, 4) is 0 Å². The Balaban J connectivity index is 1.95. The Morgan fingerprint density at radius 1 is 1.14 bits per heavy atom. The third-order valence-electron chi connectivity index (χ3n) is 5.47. The summed E-state index contributed by atoms with van der Waals surface area (Å²) in [6.07, 6.45) is 1.06. The van der Waals surface area contributed by atoms with Crippen LogP contribution < -0.4 is 10.6 Å². The summed E-state index contributed by atoms with van der Waals surface area (Å²) in [6, 6.07) is 3.95. The maximum atomic E-state index is 13.3. The van der Waals surface area contributed by atoms with Crippen molar-refractivity contribution in [2.24, 2.45) is 11.7 Å². The van der Waals surface area contributed by atoms with Crippen LogP contribution in [0.5, 0.6) is 0 Å². The van der Waals surface area contributed by atoms with Crippen molar-refractivity contribution in [2.75, 3.05) is 51.2 Å². The molecule has 0 aliphatic carbocycles. The minimum absolute atomic E-state index is 0.0521. The molecule has 3 rings (SSSR count). The minimum atomic E-state index is -3.88. The standard InChI is InChI=1S/C17H25N5O5S/c1-19-8-10-21(11-9-19)28(26,27)16-12-14(22(24)25)2-3-15(16)20-6-4-13(5-7-20)17(18)23/h2-3,12-13H,4-11H2,1H3,(H2,18,23). The van der Waals surface area contributed by atoms with E-state index in [0.717, 1.165) is 6.07 Å². The van der Waals surface area contributed by atoms with Gasteiger partial charge in [0.25, 0.3) is 5.69 Å². The summed E-state index contributed by atoms with van der Waals surface area (Å²) in [6.45, 7) is 2.82. The van der Waals surface area contributed by atoms with Gasteiger partial charge in [0.05, 0.1) is 10.6 Å². The Labute approximate surface area is 164 Å². The van der Waals surface area contributed by atoms with Gasteiger partial charge in [-0.25, -0.2) is 8.42 Å². The Morgan fingerprint density at radius 2 is 1.75 bits per heavy atom. The first-order valence-electron chi connectivity index (χ1n) is 9.21. The number of nitro groups is 1. The lowest BCUT2D eigenvalue weighted by molar-refractivity contribution is -0.385. The second-order valence-corrected chi connectivity index (χ2v) is 9.19. The predicted molar refractivity (Wildman–Crippen MR) is 103 cm³/mol. The van der Waals surface area contributed by atoms with Crippen LogP contribution in [0.25, 0.3) is 0 Å². The van der Waals surface area contributed by atoms with Crippen LogP contribution in [0.2, 0.25) is 0 Å². The second-order valence-electron chi connectivity index (χ2n) is 7.28. The molecule has 2 aliphatic heterocycles. The summed E-state index contributed by atoms with van der Waals surface area (Å²) >= 11 is 0. The lowest BCUT2D eigenvalue weighted by Crippen LogP contribution is -2.47. The van der Waals surface area contributed by atoms with Crippen molar-refractivity contribution in [2.45, 2.75) is 17.7 Å². The Bertz CT molecular complexity index is 859. The van der Waals surface area contributed by atoms with Crippen LogP contribution in [-0.2, 0) is 14.8 Å². The molecule has 0 atom stereocenters. The van der Waals surface area contributed by atoms with Crippen LogP contribution in [0.4, 0.5) is 11.4 Å². The molecule has 10 nitrogen and oxygen atoms in total. The summed E-state index contributed by atoms with van der Waals surface area (Å²) < 4.78 is 28.0. The van der Waals surface area contributed by atoms with Gasteiger partial charge < -0.3 is 15.5 Å². The third-order valence-corrected chi connectivity index (χ3v) is 7.40. The Kier molecular flexibility index (Phi) is 5.87. The molecule has 154 valence electrons. The fourth-order valence-corrected chi connectivity index (χ4v) is 5.31. The number of carbonyl (C=O) groups is 1. The van der Waals surface area contributed by atoms with E-state index in [1.807, 2.05) is 16.8 Å². The summed E-state index contributed by atoms with van der Waals surface area (Å²) in [5.41, 5.74) is 5.55. The van der Waals surface area contributed by atoms with Crippen molar-refractivity contribution in [1.82, 2.24) is 9.21 Å². The first kappa shape index (κ1) is 20.5. The van der Waals surface area contributed by atoms with Crippen molar-refractivity contribution in [3.63, 3.8) is 0 Å². The lowest BCUT2D eigenvalue weighted by atomic mass is 9.96. The monoisotopic (exact) mass is 411 g/mol. The molecule has 0 bridgehead atoms. The topological polar surface area (TPSA) is 130 Å². The van der Waals surface area contributed by atoms with Crippen LogP contribution in [0.15, 0.2) is 23.1 Å². The van der Waals surface area contributed by atoms with E-state index in [2.05, 4.69) is 0 Å². The van der Waals surface area contributed by atoms with E-state index in [-0.39, 0.29) is 22.4 Å². The molecule has 2 fully saturated rings. The van der Waals surface area contributed by atoms with Gasteiger partial charge in [-0.15, -0.1) is 0 Å². The number of piperidine rings is 1. The Morgan fingerprint density at radius 3 is 2.29 bits per heavy atom. The number of likely N-dealkylation sites (N-methyl/N-ethyl adjacent to an activating group) is 1. The highest BCUT2D eigenvalue weighted by atomic mass is 32.2. The van der Waals surface area contributed by atoms with E-state index >= 15 is 0 Å². The number of non-ortho nitro benzene ring substituents is 1. The molecule has 1 aromatic rings.